The quantitative estimate of drug-likeness (QED) is 0.804. The summed E-state index contributed by atoms with van der Waals surface area (Å²) in [6.45, 7) is 8.51. The third-order valence-electron chi connectivity index (χ3n) is 3.71. The monoisotopic (exact) mass is 237 g/mol. The van der Waals surface area contributed by atoms with Crippen LogP contribution in [0.1, 0.15) is 18.7 Å². The van der Waals surface area contributed by atoms with Crippen LogP contribution in [0.25, 0.3) is 0 Å². The summed E-state index contributed by atoms with van der Waals surface area (Å²) in [4.78, 5) is 9.14. The van der Waals surface area contributed by atoms with Crippen molar-refractivity contribution in [1.82, 2.24) is 19.4 Å². The summed E-state index contributed by atoms with van der Waals surface area (Å²) in [6.07, 6.45) is 3.78. The molecular formula is C12H23N5. The largest absolute Gasteiger partial charge is 0.336 e. The number of hydrogen-bond donors (Lipinski definition) is 1. The molecule has 5 nitrogen and oxygen atoms in total. The van der Waals surface area contributed by atoms with Gasteiger partial charge in [0.05, 0.1) is 18.1 Å². The Labute approximate surface area is 103 Å². The highest BCUT2D eigenvalue weighted by Crippen LogP contribution is 2.20. The molecule has 1 aliphatic heterocycles. The third-order valence-corrected chi connectivity index (χ3v) is 3.71. The van der Waals surface area contributed by atoms with Crippen LogP contribution in [0.2, 0.25) is 0 Å². The molecule has 5 heteroatoms. The molecule has 0 spiro atoms. The van der Waals surface area contributed by atoms with Crippen molar-refractivity contribution in [2.45, 2.75) is 13.0 Å². The Hall–Kier alpha value is -0.910. The van der Waals surface area contributed by atoms with Gasteiger partial charge in [-0.1, -0.05) is 6.92 Å². The molecule has 1 atom stereocenters. The van der Waals surface area contributed by atoms with Gasteiger partial charge in [0.15, 0.2) is 0 Å². The SMILES string of the molecule is CCN1CCN(C(CN)c2cncn2C)CC1. The summed E-state index contributed by atoms with van der Waals surface area (Å²) in [6, 6.07) is 0.307. The molecule has 0 bridgehead atoms. The summed E-state index contributed by atoms with van der Waals surface area (Å²) in [5, 5.41) is 0. The Morgan fingerprint density at radius 2 is 2.06 bits per heavy atom. The minimum Gasteiger partial charge on any atom is -0.336 e. The van der Waals surface area contributed by atoms with Gasteiger partial charge in [-0.3, -0.25) is 4.90 Å². The second-order valence-corrected chi connectivity index (χ2v) is 4.65. The van der Waals surface area contributed by atoms with Crippen molar-refractivity contribution in [2.75, 3.05) is 39.3 Å². The van der Waals surface area contributed by atoms with Crippen molar-refractivity contribution in [1.29, 1.82) is 0 Å². The fraction of sp³-hybridized carbons (Fsp3) is 0.750. The van der Waals surface area contributed by atoms with Crippen molar-refractivity contribution in [2.24, 2.45) is 12.8 Å². The maximum absolute atomic E-state index is 5.93. The van der Waals surface area contributed by atoms with Gasteiger partial charge in [-0.15, -0.1) is 0 Å². The zero-order valence-electron chi connectivity index (χ0n) is 10.8. The molecule has 2 N–H and O–H groups in total. The molecule has 0 saturated carbocycles. The van der Waals surface area contributed by atoms with Gasteiger partial charge < -0.3 is 15.2 Å². The van der Waals surface area contributed by atoms with Gasteiger partial charge >= 0.3 is 0 Å². The first-order chi connectivity index (χ1) is 8.26. The maximum atomic E-state index is 5.93. The topological polar surface area (TPSA) is 50.3 Å². The summed E-state index contributed by atoms with van der Waals surface area (Å²) < 4.78 is 2.07. The fourth-order valence-corrected chi connectivity index (χ4v) is 2.54. The number of likely N-dealkylation sites (N-methyl/N-ethyl adjacent to an activating group) is 1. The first-order valence-electron chi connectivity index (χ1n) is 6.39. The number of nitrogens with zero attached hydrogens (tertiary/aromatic N) is 4. The van der Waals surface area contributed by atoms with Gasteiger partial charge in [-0.25, -0.2) is 4.98 Å². The average molecular weight is 237 g/mol. The first kappa shape index (κ1) is 12.5. The van der Waals surface area contributed by atoms with E-state index in [1.807, 2.05) is 19.6 Å². The Morgan fingerprint density at radius 1 is 1.35 bits per heavy atom. The van der Waals surface area contributed by atoms with Crippen LogP contribution in [0.15, 0.2) is 12.5 Å². The number of aryl methyl sites for hydroxylation is 1. The van der Waals surface area contributed by atoms with Crippen molar-refractivity contribution in [3.05, 3.63) is 18.2 Å². The molecule has 17 heavy (non-hydrogen) atoms. The lowest BCUT2D eigenvalue weighted by Gasteiger charge is -2.38. The van der Waals surface area contributed by atoms with E-state index >= 15 is 0 Å². The summed E-state index contributed by atoms with van der Waals surface area (Å²) in [5.74, 6) is 0. The molecule has 96 valence electrons. The number of piperazine rings is 1. The molecule has 0 amide bonds. The number of imidazole rings is 1. The maximum Gasteiger partial charge on any atom is 0.0946 e. The average Bonchev–Trinajstić information content (AvgIpc) is 2.78. The van der Waals surface area contributed by atoms with Gasteiger partial charge in [0.2, 0.25) is 0 Å². The van der Waals surface area contributed by atoms with Crippen LogP contribution in [-0.2, 0) is 7.05 Å². The minimum atomic E-state index is 0.307. The molecule has 1 unspecified atom stereocenters. The molecule has 0 radical (unpaired) electrons. The fourth-order valence-electron chi connectivity index (χ4n) is 2.54. The van der Waals surface area contributed by atoms with E-state index in [4.69, 9.17) is 5.73 Å². The molecule has 1 fully saturated rings. The normalized spacial score (nSPS) is 20.6. The number of hydrogen-bond acceptors (Lipinski definition) is 4. The molecular weight excluding hydrogens is 214 g/mol. The molecule has 0 aromatic carbocycles. The highest BCUT2D eigenvalue weighted by Gasteiger charge is 2.25. The third kappa shape index (κ3) is 2.68. The molecule has 2 heterocycles. The highest BCUT2D eigenvalue weighted by molar-refractivity contribution is 5.06. The van der Waals surface area contributed by atoms with E-state index in [1.54, 1.807) is 0 Å². The van der Waals surface area contributed by atoms with Crippen molar-refractivity contribution in [3.63, 3.8) is 0 Å². The van der Waals surface area contributed by atoms with Crippen molar-refractivity contribution in [3.8, 4) is 0 Å². The lowest BCUT2D eigenvalue weighted by atomic mass is 10.1. The van der Waals surface area contributed by atoms with Gasteiger partial charge in [0.1, 0.15) is 0 Å². The number of nitrogens with two attached hydrogens (primary N) is 1. The Balaban J connectivity index is 2.03. The number of rotatable bonds is 4. The Morgan fingerprint density at radius 3 is 2.53 bits per heavy atom. The molecule has 1 aliphatic rings. The molecule has 0 aliphatic carbocycles. The van der Waals surface area contributed by atoms with Crippen LogP contribution >= 0.6 is 0 Å². The summed E-state index contributed by atoms with van der Waals surface area (Å²) in [7, 11) is 2.04. The van der Waals surface area contributed by atoms with Gasteiger partial charge in [0.25, 0.3) is 0 Å². The lowest BCUT2D eigenvalue weighted by Crippen LogP contribution is -2.49. The van der Waals surface area contributed by atoms with E-state index in [2.05, 4.69) is 26.3 Å². The van der Waals surface area contributed by atoms with Crippen molar-refractivity contribution < 1.29 is 0 Å². The van der Waals surface area contributed by atoms with E-state index in [1.165, 1.54) is 5.69 Å². The smallest absolute Gasteiger partial charge is 0.0946 e. The van der Waals surface area contributed by atoms with E-state index in [0.29, 0.717) is 12.6 Å². The predicted octanol–water partition coefficient (Wildman–Crippen LogP) is 0.0574. The zero-order chi connectivity index (χ0) is 12.3. The highest BCUT2D eigenvalue weighted by atomic mass is 15.3. The number of aromatic nitrogens is 2. The first-order valence-corrected chi connectivity index (χ1v) is 6.39. The van der Waals surface area contributed by atoms with Crippen LogP contribution < -0.4 is 5.73 Å². The van der Waals surface area contributed by atoms with E-state index in [0.717, 1.165) is 32.7 Å². The predicted molar refractivity (Wildman–Crippen MR) is 68.7 cm³/mol. The molecule has 2 rings (SSSR count). The van der Waals surface area contributed by atoms with Gasteiger partial charge in [-0.05, 0) is 6.54 Å². The van der Waals surface area contributed by atoms with Crippen LogP contribution in [0.5, 0.6) is 0 Å². The summed E-state index contributed by atoms with van der Waals surface area (Å²) >= 11 is 0. The minimum absolute atomic E-state index is 0.307. The zero-order valence-corrected chi connectivity index (χ0v) is 10.8. The van der Waals surface area contributed by atoms with E-state index in [-0.39, 0.29) is 0 Å². The van der Waals surface area contributed by atoms with Crippen molar-refractivity contribution >= 4 is 0 Å². The Kier molecular flexibility index (Phi) is 4.15. The van der Waals surface area contributed by atoms with Crippen LogP contribution in [0.3, 0.4) is 0 Å². The van der Waals surface area contributed by atoms with Gasteiger partial charge in [0, 0.05) is 46.0 Å². The molecule has 1 aromatic rings. The molecule has 1 aromatic heterocycles. The molecule has 1 saturated heterocycles. The summed E-state index contributed by atoms with van der Waals surface area (Å²) in [5.41, 5.74) is 7.15. The van der Waals surface area contributed by atoms with Crippen LogP contribution in [0, 0.1) is 0 Å². The lowest BCUT2D eigenvalue weighted by molar-refractivity contribution is 0.0991. The second kappa shape index (κ2) is 5.62. The van der Waals surface area contributed by atoms with Crippen LogP contribution in [-0.4, -0.2) is 58.6 Å². The second-order valence-electron chi connectivity index (χ2n) is 4.65. The Bertz CT molecular complexity index is 340. The van der Waals surface area contributed by atoms with E-state index < -0.39 is 0 Å². The van der Waals surface area contributed by atoms with E-state index in [9.17, 15) is 0 Å². The van der Waals surface area contributed by atoms with Gasteiger partial charge in [-0.2, -0.15) is 0 Å². The standard InChI is InChI=1S/C12H23N5/c1-3-16-4-6-17(7-5-16)11(8-13)12-9-14-10-15(12)2/h9-11H,3-8,13H2,1-2H3. The van der Waals surface area contributed by atoms with Crippen LogP contribution in [0.4, 0.5) is 0 Å².